The number of aliphatic hydroxyl groups is 1. The van der Waals surface area contributed by atoms with Crippen molar-refractivity contribution in [2.75, 3.05) is 19.8 Å². The zero-order valence-corrected chi connectivity index (χ0v) is 10.3. The van der Waals surface area contributed by atoms with Gasteiger partial charge in [-0.15, -0.1) is 0 Å². The van der Waals surface area contributed by atoms with Crippen molar-refractivity contribution in [3.05, 3.63) is 12.2 Å². The van der Waals surface area contributed by atoms with Gasteiger partial charge >= 0.3 is 5.97 Å². The molecule has 0 aromatic heterocycles. The Hall–Kier alpha value is -1.36. The summed E-state index contributed by atoms with van der Waals surface area (Å²) in [6, 6.07) is 0. The number of nitrogens with one attached hydrogen (secondary N) is 1. The lowest BCUT2D eigenvalue weighted by Crippen LogP contribution is -2.21. The second-order valence-electron chi connectivity index (χ2n) is 3.80. The Bertz CT molecular complexity index is 253. The van der Waals surface area contributed by atoms with Crippen LogP contribution in [0, 0.1) is 0 Å². The molecule has 0 atom stereocenters. The second kappa shape index (κ2) is 9.84. The number of amides is 1. The average molecular weight is 243 g/mol. The minimum Gasteiger partial charge on any atom is -0.460 e. The molecular weight excluding hydrogens is 222 g/mol. The molecule has 1 aliphatic rings. The van der Waals surface area contributed by atoms with E-state index in [-0.39, 0.29) is 19.1 Å². The summed E-state index contributed by atoms with van der Waals surface area (Å²) in [4.78, 5) is 21.0. The van der Waals surface area contributed by atoms with Gasteiger partial charge in [-0.2, -0.15) is 0 Å². The second-order valence-corrected chi connectivity index (χ2v) is 3.80. The lowest BCUT2D eigenvalue weighted by molar-refractivity contribution is -0.139. The minimum atomic E-state index is -0.455. The standard InChI is InChI=1S/C6H11NO.C6H10O3/c8-6-4-2-1-3-5-7-6;1-5(2)6(8)9-4-3-7/h1-5H2,(H,7,8);7H,1,3-4H2,2H3. The number of aliphatic hydroxyl groups excluding tert-OH is 1. The Balaban J connectivity index is 0.000000302. The van der Waals surface area contributed by atoms with Crippen LogP contribution in [0.25, 0.3) is 0 Å². The molecule has 1 heterocycles. The first-order valence-corrected chi connectivity index (χ1v) is 5.78. The van der Waals surface area contributed by atoms with Gasteiger partial charge < -0.3 is 15.2 Å². The molecule has 5 nitrogen and oxygen atoms in total. The van der Waals surface area contributed by atoms with Crippen molar-refractivity contribution in [2.45, 2.75) is 32.6 Å². The summed E-state index contributed by atoms with van der Waals surface area (Å²) in [7, 11) is 0. The molecule has 0 aromatic rings. The van der Waals surface area contributed by atoms with Crippen molar-refractivity contribution in [3.63, 3.8) is 0 Å². The first-order chi connectivity index (χ1) is 8.07. The first-order valence-electron chi connectivity index (χ1n) is 5.78. The van der Waals surface area contributed by atoms with Crippen molar-refractivity contribution < 1.29 is 19.4 Å². The number of rotatable bonds is 3. The van der Waals surface area contributed by atoms with E-state index in [0.29, 0.717) is 5.57 Å². The van der Waals surface area contributed by atoms with E-state index in [1.807, 2.05) is 0 Å². The smallest absolute Gasteiger partial charge is 0.333 e. The molecule has 1 rings (SSSR count). The lowest BCUT2D eigenvalue weighted by atomic mass is 10.2. The molecule has 98 valence electrons. The Morgan fingerprint density at radius 3 is 2.76 bits per heavy atom. The van der Waals surface area contributed by atoms with Crippen LogP contribution in [0.5, 0.6) is 0 Å². The van der Waals surface area contributed by atoms with Crippen molar-refractivity contribution in [2.24, 2.45) is 0 Å². The van der Waals surface area contributed by atoms with Gasteiger partial charge in [-0.3, -0.25) is 4.79 Å². The molecule has 0 spiro atoms. The fraction of sp³-hybridized carbons (Fsp3) is 0.667. The summed E-state index contributed by atoms with van der Waals surface area (Å²) in [6.45, 7) is 5.70. The fourth-order valence-corrected chi connectivity index (χ4v) is 1.17. The molecule has 17 heavy (non-hydrogen) atoms. The molecule has 0 saturated carbocycles. The highest BCUT2D eigenvalue weighted by Crippen LogP contribution is 2.02. The van der Waals surface area contributed by atoms with E-state index in [4.69, 9.17) is 5.11 Å². The largest absolute Gasteiger partial charge is 0.460 e. The van der Waals surface area contributed by atoms with Crippen LogP contribution >= 0.6 is 0 Å². The third kappa shape index (κ3) is 9.56. The van der Waals surface area contributed by atoms with Gasteiger partial charge in [0.15, 0.2) is 0 Å². The van der Waals surface area contributed by atoms with Crippen molar-refractivity contribution in [3.8, 4) is 0 Å². The molecule has 2 N–H and O–H groups in total. The van der Waals surface area contributed by atoms with Crippen LogP contribution in [-0.2, 0) is 14.3 Å². The Kier molecular flexibility index (Phi) is 9.05. The van der Waals surface area contributed by atoms with Gasteiger partial charge in [0.2, 0.25) is 5.91 Å². The van der Waals surface area contributed by atoms with E-state index < -0.39 is 5.97 Å². The van der Waals surface area contributed by atoms with E-state index >= 15 is 0 Å². The maximum absolute atomic E-state index is 10.6. The molecule has 1 fully saturated rings. The van der Waals surface area contributed by atoms with Gasteiger partial charge in [0.25, 0.3) is 0 Å². The predicted molar refractivity (Wildman–Crippen MR) is 64.3 cm³/mol. The molecule has 0 radical (unpaired) electrons. The van der Waals surface area contributed by atoms with E-state index in [0.717, 1.165) is 25.8 Å². The van der Waals surface area contributed by atoms with E-state index in [1.54, 1.807) is 6.92 Å². The number of hydrogen-bond donors (Lipinski definition) is 2. The third-order valence-electron chi connectivity index (χ3n) is 2.08. The van der Waals surface area contributed by atoms with Crippen LogP contribution in [0.3, 0.4) is 0 Å². The van der Waals surface area contributed by atoms with Crippen LogP contribution in [0.2, 0.25) is 0 Å². The number of ether oxygens (including phenoxy) is 1. The Morgan fingerprint density at radius 1 is 1.47 bits per heavy atom. The van der Waals surface area contributed by atoms with Gasteiger partial charge in [0, 0.05) is 18.5 Å². The van der Waals surface area contributed by atoms with Gasteiger partial charge in [0.1, 0.15) is 6.61 Å². The van der Waals surface area contributed by atoms with Crippen molar-refractivity contribution >= 4 is 11.9 Å². The highest BCUT2D eigenvalue weighted by molar-refractivity contribution is 5.86. The number of hydrogen-bond acceptors (Lipinski definition) is 4. The molecule has 1 amide bonds. The molecule has 0 aromatic carbocycles. The normalized spacial score (nSPS) is 14.8. The third-order valence-corrected chi connectivity index (χ3v) is 2.08. The molecule has 5 heteroatoms. The minimum absolute atomic E-state index is 0.0473. The zero-order valence-electron chi connectivity index (χ0n) is 10.3. The summed E-state index contributed by atoms with van der Waals surface area (Å²) in [5.74, 6) is -0.230. The first kappa shape index (κ1) is 15.6. The maximum Gasteiger partial charge on any atom is 0.333 e. The Morgan fingerprint density at radius 2 is 2.18 bits per heavy atom. The number of esters is 1. The van der Waals surface area contributed by atoms with E-state index in [1.165, 1.54) is 6.42 Å². The van der Waals surface area contributed by atoms with Crippen LogP contribution in [0.15, 0.2) is 12.2 Å². The lowest BCUT2D eigenvalue weighted by Gasteiger charge is -1.99. The average Bonchev–Trinajstić information content (AvgIpc) is 2.54. The zero-order chi connectivity index (χ0) is 13.1. The van der Waals surface area contributed by atoms with Crippen LogP contribution in [0.4, 0.5) is 0 Å². The fourth-order valence-electron chi connectivity index (χ4n) is 1.17. The maximum atomic E-state index is 10.6. The monoisotopic (exact) mass is 243 g/mol. The summed E-state index contributed by atoms with van der Waals surface area (Å²) in [6.07, 6.45) is 4.18. The highest BCUT2D eigenvalue weighted by atomic mass is 16.5. The van der Waals surface area contributed by atoms with E-state index in [9.17, 15) is 9.59 Å². The number of carbonyl (C=O) groups is 2. The predicted octanol–water partition coefficient (Wildman–Crippen LogP) is 0.775. The molecular formula is C12H21NO4. The van der Waals surface area contributed by atoms with E-state index in [2.05, 4.69) is 16.6 Å². The number of carbonyl (C=O) groups excluding carboxylic acids is 2. The van der Waals surface area contributed by atoms with Crippen LogP contribution < -0.4 is 5.32 Å². The van der Waals surface area contributed by atoms with Gasteiger partial charge in [0.05, 0.1) is 6.61 Å². The van der Waals surface area contributed by atoms with Crippen LogP contribution in [0.1, 0.15) is 32.6 Å². The van der Waals surface area contributed by atoms with Gasteiger partial charge in [-0.05, 0) is 19.8 Å². The topological polar surface area (TPSA) is 75.6 Å². The summed E-state index contributed by atoms with van der Waals surface area (Å²) in [5.41, 5.74) is 0.350. The Labute approximate surface area is 102 Å². The van der Waals surface area contributed by atoms with Gasteiger partial charge in [-0.25, -0.2) is 4.79 Å². The molecule has 0 unspecified atom stereocenters. The van der Waals surface area contributed by atoms with Crippen LogP contribution in [-0.4, -0.2) is 36.7 Å². The van der Waals surface area contributed by atoms with Crippen molar-refractivity contribution in [1.82, 2.24) is 5.32 Å². The SMILES string of the molecule is C=C(C)C(=O)OCCO.O=C1CCCCCN1. The molecule has 1 saturated heterocycles. The summed E-state index contributed by atoms with van der Waals surface area (Å²) >= 11 is 0. The highest BCUT2D eigenvalue weighted by Gasteiger charge is 2.03. The molecule has 1 aliphatic heterocycles. The van der Waals surface area contributed by atoms with Gasteiger partial charge in [-0.1, -0.05) is 13.0 Å². The summed E-state index contributed by atoms with van der Waals surface area (Å²) in [5, 5.41) is 11.0. The molecule has 0 aliphatic carbocycles. The van der Waals surface area contributed by atoms with Crippen molar-refractivity contribution in [1.29, 1.82) is 0 Å². The quantitative estimate of drug-likeness (QED) is 0.567. The summed E-state index contributed by atoms with van der Waals surface area (Å²) < 4.78 is 4.46. The molecule has 0 bridgehead atoms.